The van der Waals surface area contributed by atoms with Gasteiger partial charge in [-0.1, -0.05) is 12.8 Å². The highest BCUT2D eigenvalue weighted by Gasteiger charge is 2.18. The molecule has 0 atom stereocenters. The molecular weight excluding hydrogens is 244 g/mol. The van der Waals surface area contributed by atoms with Crippen LogP contribution in [0.3, 0.4) is 0 Å². The molecular formula is C13H18N4S. The summed E-state index contributed by atoms with van der Waals surface area (Å²) in [5, 5.41) is 5.53. The van der Waals surface area contributed by atoms with E-state index in [1.807, 2.05) is 11.7 Å². The van der Waals surface area contributed by atoms with Crippen LogP contribution in [0.2, 0.25) is 0 Å². The zero-order valence-electron chi connectivity index (χ0n) is 10.4. The minimum atomic E-state index is 0.647. The Hall–Kier alpha value is -1.36. The number of hydrogen-bond acceptors (Lipinski definition) is 4. The maximum absolute atomic E-state index is 4.41. The van der Waals surface area contributed by atoms with E-state index in [2.05, 4.69) is 31.4 Å². The highest BCUT2D eigenvalue weighted by Crippen LogP contribution is 2.31. The summed E-state index contributed by atoms with van der Waals surface area (Å²) in [6.45, 7) is 0.896. The van der Waals surface area contributed by atoms with Crippen molar-refractivity contribution in [3.05, 3.63) is 29.0 Å². The summed E-state index contributed by atoms with van der Waals surface area (Å²) in [5.74, 6) is 1.01. The first kappa shape index (κ1) is 11.7. The summed E-state index contributed by atoms with van der Waals surface area (Å²) >= 11 is 1.65. The van der Waals surface area contributed by atoms with E-state index in [0.717, 1.165) is 24.6 Å². The molecule has 0 aromatic carbocycles. The van der Waals surface area contributed by atoms with Crippen molar-refractivity contribution in [1.82, 2.24) is 14.5 Å². The lowest BCUT2D eigenvalue weighted by molar-refractivity contribution is 0.523. The van der Waals surface area contributed by atoms with Gasteiger partial charge in [0, 0.05) is 36.8 Å². The van der Waals surface area contributed by atoms with Gasteiger partial charge in [0.05, 0.1) is 11.2 Å². The van der Waals surface area contributed by atoms with Crippen LogP contribution in [0.4, 0.5) is 5.95 Å². The van der Waals surface area contributed by atoms with Crippen molar-refractivity contribution < 1.29 is 0 Å². The first-order valence-electron chi connectivity index (χ1n) is 6.57. The van der Waals surface area contributed by atoms with Gasteiger partial charge < -0.3 is 9.88 Å². The van der Waals surface area contributed by atoms with E-state index in [1.165, 1.54) is 25.7 Å². The van der Waals surface area contributed by atoms with Gasteiger partial charge in [0.2, 0.25) is 5.95 Å². The van der Waals surface area contributed by atoms with Gasteiger partial charge in [-0.3, -0.25) is 0 Å². The van der Waals surface area contributed by atoms with E-state index in [1.54, 1.807) is 11.3 Å². The van der Waals surface area contributed by atoms with Gasteiger partial charge in [-0.15, -0.1) is 11.3 Å². The van der Waals surface area contributed by atoms with Gasteiger partial charge in [-0.25, -0.2) is 9.97 Å². The lowest BCUT2D eigenvalue weighted by Gasteiger charge is -2.15. The Kier molecular flexibility index (Phi) is 3.59. The number of nitrogens with zero attached hydrogens (tertiary/aromatic N) is 3. The molecule has 1 aliphatic carbocycles. The lowest BCUT2D eigenvalue weighted by Crippen LogP contribution is -2.13. The largest absolute Gasteiger partial charge is 0.355 e. The number of rotatable bonds is 5. The van der Waals surface area contributed by atoms with Crippen LogP contribution in [0.1, 0.15) is 37.4 Å². The molecule has 0 unspecified atom stereocenters. The number of aromatic nitrogens is 3. The molecule has 1 N–H and O–H groups in total. The fraction of sp³-hybridized carbons (Fsp3) is 0.538. The summed E-state index contributed by atoms with van der Waals surface area (Å²) in [4.78, 5) is 8.70. The van der Waals surface area contributed by atoms with Crippen molar-refractivity contribution >= 4 is 17.3 Å². The second-order valence-corrected chi connectivity index (χ2v) is 5.47. The Balaban J connectivity index is 1.57. The van der Waals surface area contributed by atoms with E-state index in [4.69, 9.17) is 0 Å². The average Bonchev–Trinajstić information content (AvgIpc) is 3.12. The SMILES string of the molecule is c1cn(C2CCCC2)c(NCCc2cscn2)n1. The van der Waals surface area contributed by atoms with Crippen LogP contribution in [0.15, 0.2) is 23.3 Å². The molecule has 0 saturated heterocycles. The third-order valence-electron chi connectivity index (χ3n) is 3.53. The van der Waals surface area contributed by atoms with Crippen molar-refractivity contribution in [2.75, 3.05) is 11.9 Å². The van der Waals surface area contributed by atoms with Crippen LogP contribution in [-0.4, -0.2) is 21.1 Å². The fourth-order valence-electron chi connectivity index (χ4n) is 2.59. The second-order valence-electron chi connectivity index (χ2n) is 4.75. The second kappa shape index (κ2) is 5.52. The summed E-state index contributed by atoms with van der Waals surface area (Å²) in [6, 6.07) is 0.647. The molecule has 0 bridgehead atoms. The molecule has 2 aromatic rings. The number of imidazole rings is 1. The Morgan fingerprint density at radius 1 is 1.33 bits per heavy atom. The third-order valence-corrected chi connectivity index (χ3v) is 4.17. The highest BCUT2D eigenvalue weighted by atomic mass is 32.1. The molecule has 0 radical (unpaired) electrons. The molecule has 2 heterocycles. The normalized spacial score (nSPS) is 16.2. The number of anilines is 1. The van der Waals surface area contributed by atoms with Crippen LogP contribution >= 0.6 is 11.3 Å². The maximum atomic E-state index is 4.41. The highest BCUT2D eigenvalue weighted by molar-refractivity contribution is 7.07. The van der Waals surface area contributed by atoms with E-state index in [0.29, 0.717) is 6.04 Å². The van der Waals surface area contributed by atoms with Crippen molar-refractivity contribution in [3.8, 4) is 0 Å². The molecule has 18 heavy (non-hydrogen) atoms. The summed E-state index contributed by atoms with van der Waals surface area (Å²) in [7, 11) is 0. The van der Waals surface area contributed by atoms with Gasteiger partial charge in [-0.05, 0) is 12.8 Å². The van der Waals surface area contributed by atoms with Crippen LogP contribution in [-0.2, 0) is 6.42 Å². The molecule has 96 valence electrons. The van der Waals surface area contributed by atoms with Crippen LogP contribution in [0.25, 0.3) is 0 Å². The predicted molar refractivity (Wildman–Crippen MR) is 74.0 cm³/mol. The van der Waals surface area contributed by atoms with Crippen LogP contribution < -0.4 is 5.32 Å². The van der Waals surface area contributed by atoms with Crippen LogP contribution in [0.5, 0.6) is 0 Å². The zero-order valence-corrected chi connectivity index (χ0v) is 11.2. The summed E-state index contributed by atoms with van der Waals surface area (Å²) in [6.07, 6.45) is 10.2. The van der Waals surface area contributed by atoms with Gasteiger partial charge in [0.1, 0.15) is 0 Å². The van der Waals surface area contributed by atoms with E-state index in [-0.39, 0.29) is 0 Å². The smallest absolute Gasteiger partial charge is 0.203 e. The standard InChI is InChI=1S/C13H18N4S/c1-2-4-12(3-1)17-8-7-15-13(17)14-6-5-11-9-18-10-16-11/h7-10,12H,1-6H2,(H,14,15). The minimum Gasteiger partial charge on any atom is -0.355 e. The summed E-state index contributed by atoms with van der Waals surface area (Å²) in [5.41, 5.74) is 3.04. The van der Waals surface area contributed by atoms with Gasteiger partial charge in [-0.2, -0.15) is 0 Å². The number of nitrogens with one attached hydrogen (secondary N) is 1. The summed E-state index contributed by atoms with van der Waals surface area (Å²) < 4.78 is 2.30. The van der Waals surface area contributed by atoms with E-state index in [9.17, 15) is 0 Å². The number of hydrogen-bond donors (Lipinski definition) is 1. The molecule has 1 fully saturated rings. The third kappa shape index (κ3) is 2.56. The molecule has 0 aliphatic heterocycles. The molecule has 2 aromatic heterocycles. The molecule has 4 nitrogen and oxygen atoms in total. The monoisotopic (exact) mass is 262 g/mol. The molecule has 1 aliphatic rings. The van der Waals surface area contributed by atoms with Crippen molar-refractivity contribution in [3.63, 3.8) is 0 Å². The Morgan fingerprint density at radius 2 is 2.22 bits per heavy atom. The van der Waals surface area contributed by atoms with Gasteiger partial charge in [0.25, 0.3) is 0 Å². The molecule has 0 spiro atoms. The lowest BCUT2D eigenvalue weighted by atomic mass is 10.2. The molecule has 5 heteroatoms. The zero-order chi connectivity index (χ0) is 12.2. The van der Waals surface area contributed by atoms with Crippen LogP contribution in [0, 0.1) is 0 Å². The molecule has 1 saturated carbocycles. The first-order valence-corrected chi connectivity index (χ1v) is 7.51. The number of thiazole rings is 1. The first-order chi connectivity index (χ1) is 8.93. The topological polar surface area (TPSA) is 42.7 Å². The van der Waals surface area contributed by atoms with Crippen molar-refractivity contribution in [1.29, 1.82) is 0 Å². The van der Waals surface area contributed by atoms with E-state index < -0.39 is 0 Å². The Morgan fingerprint density at radius 3 is 3.00 bits per heavy atom. The quantitative estimate of drug-likeness (QED) is 0.900. The van der Waals surface area contributed by atoms with Gasteiger partial charge in [0.15, 0.2) is 0 Å². The molecule has 3 rings (SSSR count). The van der Waals surface area contributed by atoms with E-state index >= 15 is 0 Å². The van der Waals surface area contributed by atoms with Gasteiger partial charge >= 0.3 is 0 Å². The Bertz CT molecular complexity index is 471. The maximum Gasteiger partial charge on any atom is 0.203 e. The minimum absolute atomic E-state index is 0.647. The average molecular weight is 262 g/mol. The molecule has 0 amide bonds. The Labute approximate surface area is 111 Å². The van der Waals surface area contributed by atoms with Crippen molar-refractivity contribution in [2.24, 2.45) is 0 Å². The predicted octanol–water partition coefficient (Wildman–Crippen LogP) is 3.11. The fourth-order valence-corrected chi connectivity index (χ4v) is 3.18. The van der Waals surface area contributed by atoms with Crippen molar-refractivity contribution in [2.45, 2.75) is 38.1 Å².